The van der Waals surface area contributed by atoms with Gasteiger partial charge in [-0.25, -0.2) is 9.59 Å². The van der Waals surface area contributed by atoms with Gasteiger partial charge in [-0.05, 0) is 69.2 Å². The maximum absolute atomic E-state index is 10.9. The Morgan fingerprint density at radius 3 is 0.729 bits per heavy atom. The summed E-state index contributed by atoms with van der Waals surface area (Å²) in [5.74, 6) is -6.54. The van der Waals surface area contributed by atoms with Gasteiger partial charge in [-0.3, -0.25) is 47.9 Å². The van der Waals surface area contributed by atoms with Crippen molar-refractivity contribution in [1.29, 1.82) is 0 Å². The first-order valence-electron chi connectivity index (χ1n) is 20.6. The van der Waals surface area contributed by atoms with Crippen molar-refractivity contribution in [2.24, 2.45) is 28.6 Å². The van der Waals surface area contributed by atoms with Crippen molar-refractivity contribution in [1.82, 2.24) is 0 Å². The minimum atomic E-state index is -1.20. The van der Waals surface area contributed by atoms with Crippen LogP contribution in [-0.4, -0.2) is 142 Å². The van der Waals surface area contributed by atoms with Gasteiger partial charge in [0, 0.05) is 31.9 Å². The van der Waals surface area contributed by atoms with Gasteiger partial charge < -0.3 is 56.8 Å². The standard InChI is InChI=1S/C8H14O4.C8H12O4.C8H14O4.C8H12O4.2C7H12O4/c2*1-5(7(9)11-3)6(2)8(10)12-4;1-5(8(10)11-4)6(2)12-7(3)9;1-5(11-7(3)9)6(2)12-8(4)10;2*1-7(2,5(8)10-3)6(9)11-4/h5-6H,1-4H3;1-4H3;5-6H,1-4H3;1-4H3;2*1-4H3/b;6-5-;;6-5-;;. The third-order valence-electron chi connectivity index (χ3n) is 8.94. The third-order valence-corrected chi connectivity index (χ3v) is 8.94. The van der Waals surface area contributed by atoms with Gasteiger partial charge in [0.1, 0.15) is 17.6 Å². The monoisotopic (exact) mass is 1010 g/mol. The largest absolute Gasteiger partial charge is 0.469 e. The van der Waals surface area contributed by atoms with Crippen LogP contribution in [0.2, 0.25) is 0 Å². The predicted octanol–water partition coefficient (Wildman–Crippen LogP) is 4.10. The van der Waals surface area contributed by atoms with Crippen LogP contribution in [0.1, 0.15) is 104 Å². The number of allylic oxidation sites excluding steroid dienone is 2. The summed E-state index contributed by atoms with van der Waals surface area (Å²) in [4.78, 5) is 130. The summed E-state index contributed by atoms with van der Waals surface area (Å²) in [5, 5.41) is 0. The number of hydrogen-bond acceptors (Lipinski definition) is 24. The van der Waals surface area contributed by atoms with E-state index in [-0.39, 0.29) is 17.1 Å². The van der Waals surface area contributed by atoms with E-state index in [1.807, 2.05) is 0 Å². The molecule has 0 rings (SSSR count). The molecular formula is C46H76O24. The fourth-order valence-electron chi connectivity index (χ4n) is 3.90. The second kappa shape index (κ2) is 39.0. The lowest BCUT2D eigenvalue weighted by atomic mass is 9.94. The van der Waals surface area contributed by atoms with Crippen LogP contribution < -0.4 is 0 Å². The molecule has 0 saturated heterocycles. The number of esters is 12. The lowest BCUT2D eigenvalue weighted by molar-refractivity contribution is -0.167. The molecule has 70 heavy (non-hydrogen) atoms. The van der Waals surface area contributed by atoms with E-state index in [1.54, 1.807) is 41.5 Å². The zero-order valence-corrected chi connectivity index (χ0v) is 45.1. The van der Waals surface area contributed by atoms with Gasteiger partial charge in [0.15, 0.2) is 10.8 Å². The minimum absolute atomic E-state index is 0.268. The topological polar surface area (TPSA) is 316 Å². The Hall–Kier alpha value is -6.88. The second-order valence-electron chi connectivity index (χ2n) is 15.0. The van der Waals surface area contributed by atoms with Crippen LogP contribution in [0.3, 0.4) is 0 Å². The molecule has 0 amide bonds. The summed E-state index contributed by atoms with van der Waals surface area (Å²) in [6.45, 7) is 22.4. The van der Waals surface area contributed by atoms with E-state index in [2.05, 4.69) is 52.1 Å². The van der Waals surface area contributed by atoms with Gasteiger partial charge in [0.2, 0.25) is 0 Å². The lowest BCUT2D eigenvalue weighted by Gasteiger charge is -2.17. The number of carbonyl (C=O) groups excluding carboxylic acids is 12. The molecule has 0 aromatic carbocycles. The zero-order valence-electron chi connectivity index (χ0n) is 45.1. The Morgan fingerprint density at radius 1 is 0.329 bits per heavy atom. The van der Waals surface area contributed by atoms with Gasteiger partial charge >= 0.3 is 71.6 Å². The van der Waals surface area contributed by atoms with E-state index in [9.17, 15) is 57.5 Å². The quantitative estimate of drug-likeness (QED) is 0.0777. The molecule has 0 aliphatic heterocycles. The number of methoxy groups -OCH3 is 9. The Bertz CT molecular complexity index is 1670. The normalized spacial score (nSPS) is 12.3. The molecule has 24 heteroatoms. The molecular weight excluding hydrogens is 936 g/mol. The van der Waals surface area contributed by atoms with E-state index >= 15 is 0 Å². The van der Waals surface area contributed by atoms with Crippen LogP contribution in [0.5, 0.6) is 0 Å². The van der Waals surface area contributed by atoms with Crippen molar-refractivity contribution in [2.45, 2.75) is 110 Å². The average Bonchev–Trinajstić information content (AvgIpc) is 3.32. The van der Waals surface area contributed by atoms with Crippen LogP contribution >= 0.6 is 0 Å². The first-order valence-corrected chi connectivity index (χ1v) is 20.6. The molecule has 0 N–H and O–H groups in total. The molecule has 4 atom stereocenters. The molecule has 0 heterocycles. The molecule has 4 unspecified atom stereocenters. The van der Waals surface area contributed by atoms with Crippen LogP contribution in [0.4, 0.5) is 0 Å². The zero-order chi connectivity index (χ0) is 57.0. The van der Waals surface area contributed by atoms with E-state index in [1.165, 1.54) is 126 Å². The summed E-state index contributed by atoms with van der Waals surface area (Å²) in [5.41, 5.74) is -1.87. The van der Waals surface area contributed by atoms with Crippen molar-refractivity contribution in [3.05, 3.63) is 22.7 Å². The fourth-order valence-corrected chi connectivity index (χ4v) is 3.90. The first kappa shape index (κ1) is 74.7. The SMILES string of the molecule is CC(=O)O/C(C)=C(/C)OC(C)=O.COC(=O)/C(C)=C(/C)C(=O)OC.COC(=O)C(C)(C)C(=O)OC.COC(=O)C(C)(C)C(=O)OC.COC(=O)C(C)C(C)C(=O)OC.COC(=O)C(C)C(C)OC(C)=O. The number of hydrogen-bond donors (Lipinski definition) is 0. The Balaban J connectivity index is -0.000000176. The number of rotatable bonds is 14. The van der Waals surface area contributed by atoms with E-state index in [0.29, 0.717) is 11.5 Å². The van der Waals surface area contributed by atoms with Crippen LogP contribution in [-0.2, 0) is 114 Å². The summed E-state index contributed by atoms with van der Waals surface area (Å²) in [7, 11) is 11.3. The molecule has 0 spiro atoms. The highest BCUT2D eigenvalue weighted by molar-refractivity contribution is 6.00. The molecule has 404 valence electrons. The molecule has 0 fully saturated rings. The van der Waals surface area contributed by atoms with Crippen LogP contribution in [0, 0.1) is 28.6 Å². The van der Waals surface area contributed by atoms with Crippen molar-refractivity contribution in [3.63, 3.8) is 0 Å². The average molecular weight is 1010 g/mol. The molecule has 0 aliphatic carbocycles. The summed E-state index contributed by atoms with van der Waals surface area (Å²) in [6.07, 6.45) is -0.435. The molecule has 0 aliphatic rings. The van der Waals surface area contributed by atoms with Crippen LogP contribution in [0.25, 0.3) is 0 Å². The summed E-state index contributed by atoms with van der Waals surface area (Å²) in [6, 6.07) is 0. The number of ether oxygens (including phenoxy) is 12. The Morgan fingerprint density at radius 2 is 0.557 bits per heavy atom. The van der Waals surface area contributed by atoms with E-state index < -0.39 is 100 Å². The van der Waals surface area contributed by atoms with Crippen molar-refractivity contribution in [2.75, 3.05) is 64.0 Å². The highest BCUT2D eigenvalue weighted by Gasteiger charge is 2.39. The summed E-state index contributed by atoms with van der Waals surface area (Å²) >= 11 is 0. The van der Waals surface area contributed by atoms with E-state index in [4.69, 9.17) is 4.74 Å². The molecule has 0 radical (unpaired) electrons. The van der Waals surface area contributed by atoms with Crippen molar-refractivity contribution in [3.8, 4) is 0 Å². The lowest BCUT2D eigenvalue weighted by Crippen LogP contribution is -2.35. The maximum atomic E-state index is 10.9. The molecule has 0 aromatic rings. The first-order chi connectivity index (χ1) is 31.9. The van der Waals surface area contributed by atoms with Gasteiger partial charge in [-0.2, -0.15) is 0 Å². The fraction of sp³-hybridized carbons (Fsp3) is 0.652. The van der Waals surface area contributed by atoms with Gasteiger partial charge in [-0.15, -0.1) is 0 Å². The second-order valence-corrected chi connectivity index (χ2v) is 15.0. The molecule has 0 saturated carbocycles. The Labute approximate surface area is 410 Å². The number of carbonyl (C=O) groups is 12. The van der Waals surface area contributed by atoms with Crippen molar-refractivity contribution >= 4 is 71.6 Å². The minimum Gasteiger partial charge on any atom is -0.469 e. The van der Waals surface area contributed by atoms with Crippen LogP contribution in [0.15, 0.2) is 22.7 Å². The van der Waals surface area contributed by atoms with Gasteiger partial charge in [0.05, 0.1) is 81.7 Å². The molecule has 0 aromatic heterocycles. The highest BCUT2D eigenvalue weighted by atomic mass is 16.6. The highest BCUT2D eigenvalue weighted by Crippen LogP contribution is 2.19. The molecule has 0 bridgehead atoms. The third kappa shape index (κ3) is 32.0. The van der Waals surface area contributed by atoms with Crippen molar-refractivity contribution < 1.29 is 114 Å². The predicted molar refractivity (Wildman–Crippen MR) is 245 cm³/mol. The van der Waals surface area contributed by atoms with Gasteiger partial charge in [-0.1, -0.05) is 13.8 Å². The maximum Gasteiger partial charge on any atom is 0.333 e. The smallest absolute Gasteiger partial charge is 0.333 e. The van der Waals surface area contributed by atoms with E-state index in [0.717, 1.165) is 0 Å². The summed E-state index contributed by atoms with van der Waals surface area (Å²) < 4.78 is 54.0. The van der Waals surface area contributed by atoms with Gasteiger partial charge in [0.25, 0.3) is 0 Å². The molecule has 24 nitrogen and oxygen atoms in total. The Kier molecular flexibility index (Phi) is 41.6.